The van der Waals surface area contributed by atoms with Crippen molar-refractivity contribution in [3.05, 3.63) is 54.5 Å². The summed E-state index contributed by atoms with van der Waals surface area (Å²) in [7, 11) is 1.92. The molecule has 0 aliphatic carbocycles. The van der Waals surface area contributed by atoms with Gasteiger partial charge in [-0.2, -0.15) is 9.78 Å². The first kappa shape index (κ1) is 16.2. The summed E-state index contributed by atoms with van der Waals surface area (Å²) in [5.41, 5.74) is 2.11. The molecule has 4 nitrogen and oxygen atoms in total. The average Bonchev–Trinajstić information content (AvgIpc) is 2.96. The zero-order valence-corrected chi connectivity index (χ0v) is 14.2. The molecule has 124 valence electrons. The highest BCUT2D eigenvalue weighted by Crippen LogP contribution is 2.28. The molecule has 0 N–H and O–H groups in total. The van der Waals surface area contributed by atoms with Gasteiger partial charge in [-0.05, 0) is 42.5 Å². The average molecular weight is 325 g/mol. The third-order valence-corrected chi connectivity index (χ3v) is 3.99. The Bertz CT molecular complexity index is 891. The molecule has 3 aromatic rings. The Morgan fingerprint density at radius 1 is 1.08 bits per heavy atom. The molecule has 5 heteroatoms. The number of benzene rings is 2. The van der Waals surface area contributed by atoms with E-state index in [1.165, 1.54) is 16.8 Å². The number of fused-ring (bicyclic) bond motifs is 1. The first-order valence-electron chi connectivity index (χ1n) is 7.79. The molecule has 0 saturated heterocycles. The van der Waals surface area contributed by atoms with Gasteiger partial charge in [0, 0.05) is 29.2 Å². The molecule has 0 aliphatic heterocycles. The molecule has 0 bridgehead atoms. The highest BCUT2D eigenvalue weighted by atomic mass is 19.1. The minimum atomic E-state index is -0.497. The summed E-state index contributed by atoms with van der Waals surface area (Å²) in [5, 5.41) is 5.13. The molecule has 0 atom stereocenters. The maximum Gasteiger partial charge on any atom is 0.252 e. The molecule has 1 heterocycles. The fourth-order valence-electron chi connectivity index (χ4n) is 2.52. The summed E-state index contributed by atoms with van der Waals surface area (Å²) >= 11 is 0. The number of carbonyl (C=O) groups is 1. The topological polar surface area (TPSA) is 38.1 Å². The summed E-state index contributed by atoms with van der Waals surface area (Å²) < 4.78 is 14.5. The summed E-state index contributed by atoms with van der Waals surface area (Å²) in [6.07, 6.45) is 1.70. The maximum atomic E-state index is 13.1. The van der Waals surface area contributed by atoms with Crippen LogP contribution in [0.1, 0.15) is 25.6 Å². The van der Waals surface area contributed by atoms with Crippen LogP contribution in [-0.4, -0.2) is 22.7 Å². The van der Waals surface area contributed by atoms with Crippen LogP contribution in [0, 0.1) is 11.2 Å². The monoisotopic (exact) mass is 325 g/mol. The first-order valence-corrected chi connectivity index (χ1v) is 7.79. The molecule has 1 aromatic heterocycles. The van der Waals surface area contributed by atoms with Crippen molar-refractivity contribution >= 4 is 28.2 Å². The second kappa shape index (κ2) is 5.74. The lowest BCUT2D eigenvalue weighted by atomic mass is 9.96. The van der Waals surface area contributed by atoms with Gasteiger partial charge < -0.3 is 4.90 Å². The van der Waals surface area contributed by atoms with Crippen molar-refractivity contribution in [2.75, 3.05) is 11.9 Å². The van der Waals surface area contributed by atoms with Gasteiger partial charge in [0.05, 0.1) is 11.7 Å². The van der Waals surface area contributed by atoms with Crippen LogP contribution in [0.2, 0.25) is 0 Å². The van der Waals surface area contributed by atoms with Crippen LogP contribution in [0.5, 0.6) is 0 Å². The van der Waals surface area contributed by atoms with Crippen LogP contribution < -0.4 is 4.90 Å². The molecule has 0 saturated carbocycles. The normalized spacial score (nSPS) is 11.7. The van der Waals surface area contributed by atoms with Crippen LogP contribution >= 0.6 is 0 Å². The largest absolute Gasteiger partial charge is 0.345 e. The molecule has 24 heavy (non-hydrogen) atoms. The second-order valence-corrected chi connectivity index (χ2v) is 6.89. The van der Waals surface area contributed by atoms with E-state index < -0.39 is 5.41 Å². The third kappa shape index (κ3) is 2.89. The molecule has 0 fully saturated rings. The van der Waals surface area contributed by atoms with Crippen LogP contribution in [0.4, 0.5) is 15.8 Å². The van der Waals surface area contributed by atoms with Gasteiger partial charge in [-0.25, -0.2) is 4.39 Å². The van der Waals surface area contributed by atoms with Gasteiger partial charge in [-0.15, -0.1) is 0 Å². The van der Waals surface area contributed by atoms with Crippen LogP contribution in [0.15, 0.2) is 48.7 Å². The van der Waals surface area contributed by atoms with E-state index in [9.17, 15) is 9.18 Å². The van der Waals surface area contributed by atoms with Gasteiger partial charge in [0.25, 0.3) is 5.91 Å². The first-order chi connectivity index (χ1) is 11.3. The lowest BCUT2D eigenvalue weighted by molar-refractivity contribution is 0.0755. The Balaban J connectivity index is 1.98. The van der Waals surface area contributed by atoms with Crippen molar-refractivity contribution in [3.63, 3.8) is 0 Å². The number of carbonyl (C=O) groups excluding carboxylic acids is 1. The standard InChI is InChI=1S/C19H20FN3O/c1-19(2,3)18(24)23-17-10-9-16(11-13(17)12-21-23)22(4)15-7-5-14(20)6-8-15/h5-12H,1-4H3. The molecular weight excluding hydrogens is 305 g/mol. The van der Waals surface area contributed by atoms with E-state index >= 15 is 0 Å². The molecule has 0 spiro atoms. The quantitative estimate of drug-likeness (QED) is 0.689. The lowest BCUT2D eigenvalue weighted by Gasteiger charge is -2.20. The molecule has 0 radical (unpaired) electrons. The molecule has 0 unspecified atom stereocenters. The van der Waals surface area contributed by atoms with Gasteiger partial charge in [0.2, 0.25) is 0 Å². The van der Waals surface area contributed by atoms with Crippen molar-refractivity contribution in [2.45, 2.75) is 20.8 Å². The van der Waals surface area contributed by atoms with Crippen molar-refractivity contribution in [1.29, 1.82) is 0 Å². The maximum absolute atomic E-state index is 13.1. The van der Waals surface area contributed by atoms with E-state index in [0.717, 1.165) is 22.3 Å². The molecule has 3 rings (SSSR count). The Kier molecular flexibility index (Phi) is 3.87. The zero-order valence-electron chi connectivity index (χ0n) is 14.2. The fraction of sp³-hybridized carbons (Fsp3) is 0.263. The van der Waals surface area contributed by atoms with Crippen LogP contribution in [0.3, 0.4) is 0 Å². The Morgan fingerprint density at radius 2 is 1.71 bits per heavy atom. The number of anilines is 2. The predicted molar refractivity (Wildman–Crippen MR) is 94.3 cm³/mol. The highest BCUT2D eigenvalue weighted by molar-refractivity contribution is 5.94. The van der Waals surface area contributed by atoms with E-state index in [1.807, 2.05) is 50.9 Å². The van der Waals surface area contributed by atoms with Crippen molar-refractivity contribution in [1.82, 2.24) is 9.78 Å². The Hall–Kier alpha value is -2.69. The van der Waals surface area contributed by atoms with E-state index in [2.05, 4.69) is 5.10 Å². The third-order valence-electron chi connectivity index (χ3n) is 3.99. The number of nitrogens with zero attached hydrogens (tertiary/aromatic N) is 3. The van der Waals surface area contributed by atoms with Gasteiger partial charge in [0.1, 0.15) is 5.82 Å². The van der Waals surface area contributed by atoms with E-state index in [1.54, 1.807) is 18.3 Å². The summed E-state index contributed by atoms with van der Waals surface area (Å²) in [6, 6.07) is 12.1. The van der Waals surface area contributed by atoms with Gasteiger partial charge >= 0.3 is 0 Å². The molecule has 0 aliphatic rings. The van der Waals surface area contributed by atoms with E-state index in [-0.39, 0.29) is 11.7 Å². The van der Waals surface area contributed by atoms with Crippen molar-refractivity contribution in [2.24, 2.45) is 5.41 Å². The number of hydrogen-bond acceptors (Lipinski definition) is 3. The zero-order chi connectivity index (χ0) is 17.5. The second-order valence-electron chi connectivity index (χ2n) is 6.89. The SMILES string of the molecule is CN(c1ccc(F)cc1)c1ccc2c(cnn2C(=O)C(C)(C)C)c1. The minimum absolute atomic E-state index is 0.0443. The number of aromatic nitrogens is 2. The summed E-state index contributed by atoms with van der Waals surface area (Å²) in [5.74, 6) is -0.304. The van der Waals surface area contributed by atoms with Gasteiger partial charge in [-0.1, -0.05) is 20.8 Å². The predicted octanol–water partition coefficient (Wildman–Crippen LogP) is 4.63. The van der Waals surface area contributed by atoms with Crippen molar-refractivity contribution in [3.8, 4) is 0 Å². The van der Waals surface area contributed by atoms with E-state index in [0.29, 0.717) is 0 Å². The van der Waals surface area contributed by atoms with Crippen molar-refractivity contribution < 1.29 is 9.18 Å². The fourth-order valence-corrected chi connectivity index (χ4v) is 2.52. The highest BCUT2D eigenvalue weighted by Gasteiger charge is 2.25. The molecule has 0 amide bonds. The van der Waals surface area contributed by atoms with Gasteiger partial charge in [0.15, 0.2) is 0 Å². The number of halogens is 1. The number of hydrogen-bond donors (Lipinski definition) is 0. The van der Waals surface area contributed by atoms with E-state index in [4.69, 9.17) is 0 Å². The summed E-state index contributed by atoms with van der Waals surface area (Å²) in [6.45, 7) is 5.62. The van der Waals surface area contributed by atoms with Crippen LogP contribution in [0.25, 0.3) is 10.9 Å². The van der Waals surface area contributed by atoms with Crippen LogP contribution in [-0.2, 0) is 0 Å². The van der Waals surface area contributed by atoms with Gasteiger partial charge in [-0.3, -0.25) is 4.79 Å². The minimum Gasteiger partial charge on any atom is -0.345 e. The summed E-state index contributed by atoms with van der Waals surface area (Å²) in [4.78, 5) is 14.4. The Labute approximate surface area is 140 Å². The number of rotatable bonds is 2. The molecular formula is C19H20FN3O. The molecule has 2 aromatic carbocycles. The lowest BCUT2D eigenvalue weighted by Crippen LogP contribution is -2.27. The Morgan fingerprint density at radius 3 is 2.33 bits per heavy atom. The smallest absolute Gasteiger partial charge is 0.252 e.